The SMILES string of the molecule is CCCCn1cc(C=O)c(-c2ccc3ccccc3c2)n1. The molecule has 0 aliphatic rings. The molecule has 21 heavy (non-hydrogen) atoms. The second-order valence-electron chi connectivity index (χ2n) is 5.23. The van der Waals surface area contributed by atoms with Crippen LogP contribution >= 0.6 is 0 Å². The van der Waals surface area contributed by atoms with Crippen LogP contribution in [-0.4, -0.2) is 16.1 Å². The van der Waals surface area contributed by atoms with Crippen molar-refractivity contribution in [3.63, 3.8) is 0 Å². The van der Waals surface area contributed by atoms with Crippen molar-refractivity contribution >= 4 is 17.1 Å². The fraction of sp³-hybridized carbons (Fsp3) is 0.222. The van der Waals surface area contributed by atoms with E-state index >= 15 is 0 Å². The molecule has 3 nitrogen and oxygen atoms in total. The monoisotopic (exact) mass is 278 g/mol. The topological polar surface area (TPSA) is 34.9 Å². The summed E-state index contributed by atoms with van der Waals surface area (Å²) < 4.78 is 1.87. The molecule has 0 aliphatic heterocycles. The van der Waals surface area contributed by atoms with Gasteiger partial charge in [-0.1, -0.05) is 49.7 Å². The Bertz CT molecular complexity index is 774. The Kier molecular flexibility index (Phi) is 3.82. The predicted octanol–water partition coefficient (Wildman–Crippen LogP) is 4.32. The van der Waals surface area contributed by atoms with Crippen molar-refractivity contribution in [3.05, 3.63) is 54.2 Å². The summed E-state index contributed by atoms with van der Waals surface area (Å²) >= 11 is 0. The predicted molar refractivity (Wildman–Crippen MR) is 85.5 cm³/mol. The first-order valence-corrected chi connectivity index (χ1v) is 7.33. The molecule has 1 aromatic heterocycles. The number of unbranched alkanes of at least 4 members (excludes halogenated alkanes) is 1. The van der Waals surface area contributed by atoms with Gasteiger partial charge in [-0.15, -0.1) is 0 Å². The molecule has 0 radical (unpaired) electrons. The molecule has 0 saturated heterocycles. The molecule has 3 heteroatoms. The number of aryl methyl sites for hydroxylation is 1. The minimum atomic E-state index is 0.654. The number of aldehydes is 1. The third-order valence-electron chi connectivity index (χ3n) is 3.68. The molecule has 3 aromatic rings. The number of aromatic nitrogens is 2. The summed E-state index contributed by atoms with van der Waals surface area (Å²) in [7, 11) is 0. The van der Waals surface area contributed by atoms with Crippen molar-refractivity contribution in [2.75, 3.05) is 0 Å². The standard InChI is InChI=1S/C18H18N2O/c1-2-3-10-20-12-17(13-21)18(19-20)16-9-8-14-6-4-5-7-15(14)11-16/h4-9,11-13H,2-3,10H2,1H3. The van der Waals surface area contributed by atoms with Crippen LogP contribution in [0.5, 0.6) is 0 Å². The third-order valence-corrected chi connectivity index (χ3v) is 3.68. The van der Waals surface area contributed by atoms with Crippen molar-refractivity contribution < 1.29 is 4.79 Å². The van der Waals surface area contributed by atoms with E-state index in [1.54, 1.807) is 0 Å². The van der Waals surface area contributed by atoms with Crippen LogP contribution in [0, 0.1) is 0 Å². The smallest absolute Gasteiger partial charge is 0.153 e. The molecule has 3 rings (SSSR count). The number of hydrogen-bond acceptors (Lipinski definition) is 2. The lowest BCUT2D eigenvalue weighted by molar-refractivity contribution is 0.112. The van der Waals surface area contributed by atoms with Crippen LogP contribution in [0.25, 0.3) is 22.0 Å². The van der Waals surface area contributed by atoms with Crippen LogP contribution in [-0.2, 0) is 6.54 Å². The van der Waals surface area contributed by atoms with Gasteiger partial charge in [-0.2, -0.15) is 5.10 Å². The zero-order chi connectivity index (χ0) is 14.7. The van der Waals surface area contributed by atoms with Crippen molar-refractivity contribution in [2.45, 2.75) is 26.3 Å². The first-order valence-electron chi connectivity index (χ1n) is 7.33. The molecule has 0 N–H and O–H groups in total. The van der Waals surface area contributed by atoms with Gasteiger partial charge < -0.3 is 0 Å². The van der Waals surface area contributed by atoms with Crippen LogP contribution in [0.2, 0.25) is 0 Å². The van der Waals surface area contributed by atoms with Gasteiger partial charge in [0.15, 0.2) is 6.29 Å². The van der Waals surface area contributed by atoms with Gasteiger partial charge in [0.05, 0.1) is 5.56 Å². The largest absolute Gasteiger partial charge is 0.298 e. The highest BCUT2D eigenvalue weighted by Gasteiger charge is 2.11. The molecule has 0 amide bonds. The highest BCUT2D eigenvalue weighted by atomic mass is 16.1. The summed E-state index contributed by atoms with van der Waals surface area (Å²) in [5.74, 6) is 0. The van der Waals surface area contributed by atoms with E-state index in [2.05, 4.69) is 36.3 Å². The second kappa shape index (κ2) is 5.92. The number of fused-ring (bicyclic) bond motifs is 1. The molecule has 106 valence electrons. The number of hydrogen-bond donors (Lipinski definition) is 0. The summed E-state index contributed by atoms with van der Waals surface area (Å²) in [4.78, 5) is 11.3. The Hall–Kier alpha value is -2.42. The fourth-order valence-electron chi connectivity index (χ4n) is 2.52. The summed E-state index contributed by atoms with van der Waals surface area (Å²) in [6.45, 7) is 3.00. The van der Waals surface area contributed by atoms with E-state index in [0.717, 1.165) is 42.3 Å². The number of nitrogens with zero attached hydrogens (tertiary/aromatic N) is 2. The van der Waals surface area contributed by atoms with Crippen molar-refractivity contribution in [3.8, 4) is 11.3 Å². The zero-order valence-corrected chi connectivity index (χ0v) is 12.1. The molecule has 0 fully saturated rings. The molecular weight excluding hydrogens is 260 g/mol. The van der Waals surface area contributed by atoms with Gasteiger partial charge in [-0.25, -0.2) is 0 Å². The minimum absolute atomic E-state index is 0.654. The van der Waals surface area contributed by atoms with E-state index in [1.807, 2.05) is 29.1 Å². The summed E-state index contributed by atoms with van der Waals surface area (Å²) in [6.07, 6.45) is 4.91. The van der Waals surface area contributed by atoms with Crippen LogP contribution in [0.15, 0.2) is 48.7 Å². The molecule has 1 heterocycles. The van der Waals surface area contributed by atoms with Crippen LogP contribution in [0.3, 0.4) is 0 Å². The third kappa shape index (κ3) is 2.72. The van der Waals surface area contributed by atoms with Gasteiger partial charge in [0, 0.05) is 18.3 Å². The van der Waals surface area contributed by atoms with E-state index in [4.69, 9.17) is 0 Å². The van der Waals surface area contributed by atoms with E-state index in [9.17, 15) is 4.79 Å². The molecule has 0 spiro atoms. The molecule has 0 saturated carbocycles. The maximum atomic E-state index is 11.3. The van der Waals surface area contributed by atoms with Crippen molar-refractivity contribution in [2.24, 2.45) is 0 Å². The van der Waals surface area contributed by atoms with Gasteiger partial charge in [-0.3, -0.25) is 9.48 Å². The second-order valence-corrected chi connectivity index (χ2v) is 5.23. The maximum absolute atomic E-state index is 11.3. The molecule has 0 bridgehead atoms. The number of benzene rings is 2. The lowest BCUT2D eigenvalue weighted by atomic mass is 10.0. The number of carbonyl (C=O) groups excluding carboxylic acids is 1. The Morgan fingerprint density at radius 1 is 1.14 bits per heavy atom. The first kappa shape index (κ1) is 13.6. The molecule has 0 atom stereocenters. The van der Waals surface area contributed by atoms with Gasteiger partial charge in [0.25, 0.3) is 0 Å². The van der Waals surface area contributed by atoms with Gasteiger partial charge in [0.1, 0.15) is 5.69 Å². The Balaban J connectivity index is 2.04. The molecule has 0 aliphatic carbocycles. The van der Waals surface area contributed by atoms with E-state index < -0.39 is 0 Å². The lowest BCUT2D eigenvalue weighted by Gasteiger charge is -2.02. The summed E-state index contributed by atoms with van der Waals surface area (Å²) in [5, 5.41) is 6.94. The van der Waals surface area contributed by atoms with Crippen molar-refractivity contribution in [1.82, 2.24) is 9.78 Å². The maximum Gasteiger partial charge on any atom is 0.153 e. The van der Waals surface area contributed by atoms with E-state index in [1.165, 1.54) is 5.39 Å². The average Bonchev–Trinajstić information content (AvgIpc) is 2.95. The molecule has 2 aromatic carbocycles. The van der Waals surface area contributed by atoms with Gasteiger partial charge in [-0.05, 0) is 23.3 Å². The molecular formula is C18H18N2O. The Labute approximate surface area is 124 Å². The lowest BCUT2D eigenvalue weighted by Crippen LogP contribution is -1.97. The summed E-state index contributed by atoms with van der Waals surface area (Å²) in [5.41, 5.74) is 2.42. The van der Waals surface area contributed by atoms with E-state index in [-0.39, 0.29) is 0 Å². The summed E-state index contributed by atoms with van der Waals surface area (Å²) in [6, 6.07) is 14.4. The van der Waals surface area contributed by atoms with Gasteiger partial charge >= 0.3 is 0 Å². The average molecular weight is 278 g/mol. The zero-order valence-electron chi connectivity index (χ0n) is 12.1. The minimum Gasteiger partial charge on any atom is -0.298 e. The molecule has 0 unspecified atom stereocenters. The number of rotatable bonds is 5. The highest BCUT2D eigenvalue weighted by Crippen LogP contribution is 2.25. The van der Waals surface area contributed by atoms with Gasteiger partial charge in [0.2, 0.25) is 0 Å². The number of carbonyl (C=O) groups is 1. The highest BCUT2D eigenvalue weighted by molar-refractivity contribution is 5.91. The Morgan fingerprint density at radius 2 is 1.95 bits per heavy atom. The van der Waals surface area contributed by atoms with Crippen molar-refractivity contribution in [1.29, 1.82) is 0 Å². The van der Waals surface area contributed by atoms with Crippen LogP contribution in [0.1, 0.15) is 30.1 Å². The quantitative estimate of drug-likeness (QED) is 0.652. The van der Waals surface area contributed by atoms with Crippen LogP contribution < -0.4 is 0 Å². The fourth-order valence-corrected chi connectivity index (χ4v) is 2.52. The van der Waals surface area contributed by atoms with E-state index in [0.29, 0.717) is 5.56 Å². The normalized spacial score (nSPS) is 10.9. The first-order chi connectivity index (χ1) is 10.3. The van der Waals surface area contributed by atoms with Crippen LogP contribution in [0.4, 0.5) is 0 Å². The Morgan fingerprint density at radius 3 is 2.71 bits per heavy atom.